The highest BCUT2D eigenvalue weighted by Gasteiger charge is 2.37. The Morgan fingerprint density at radius 3 is 2.50 bits per heavy atom. The fourth-order valence-corrected chi connectivity index (χ4v) is 2.09. The molecule has 1 aliphatic rings. The molecule has 1 aromatic carbocycles. The fourth-order valence-electron chi connectivity index (χ4n) is 2.09. The van der Waals surface area contributed by atoms with Crippen LogP contribution in [0.2, 0.25) is 0 Å². The Balaban J connectivity index is 2.38. The van der Waals surface area contributed by atoms with Crippen molar-refractivity contribution in [3.05, 3.63) is 29.3 Å². The van der Waals surface area contributed by atoms with Gasteiger partial charge in [-0.1, -0.05) is 6.07 Å². The Hall–Kier alpha value is -1.23. The molecule has 0 amide bonds. The van der Waals surface area contributed by atoms with Crippen molar-refractivity contribution in [2.75, 3.05) is 19.0 Å². The maximum Gasteiger partial charge on any atom is 0.418 e. The van der Waals surface area contributed by atoms with E-state index >= 15 is 0 Å². The van der Waals surface area contributed by atoms with Crippen LogP contribution in [0.4, 0.5) is 18.9 Å². The van der Waals surface area contributed by atoms with E-state index < -0.39 is 11.7 Å². The average molecular weight is 258 g/mol. The number of hydrogen-bond donors (Lipinski definition) is 1. The minimum absolute atomic E-state index is 0.265. The van der Waals surface area contributed by atoms with Crippen LogP contribution in [0, 0.1) is 0 Å². The lowest BCUT2D eigenvalue weighted by atomic mass is 10.1. The van der Waals surface area contributed by atoms with Gasteiger partial charge in [0.15, 0.2) is 0 Å². The van der Waals surface area contributed by atoms with Crippen LogP contribution in [0.5, 0.6) is 0 Å². The molecule has 0 unspecified atom stereocenters. The van der Waals surface area contributed by atoms with E-state index in [4.69, 9.17) is 0 Å². The number of nitrogens with one attached hydrogen (secondary N) is 1. The predicted molar refractivity (Wildman–Crippen MR) is 65.6 cm³/mol. The molecule has 0 aromatic heterocycles. The Morgan fingerprint density at radius 1 is 1.33 bits per heavy atom. The maximum atomic E-state index is 13.1. The monoisotopic (exact) mass is 258 g/mol. The SMILES string of the molecule is CNCc1ccc(N(C)C2CC2)c(C(F)(F)F)c1. The molecule has 0 atom stereocenters. The first-order chi connectivity index (χ1) is 8.43. The van der Waals surface area contributed by atoms with Gasteiger partial charge in [-0.15, -0.1) is 0 Å². The fraction of sp³-hybridized carbons (Fsp3) is 0.538. The van der Waals surface area contributed by atoms with Crippen molar-refractivity contribution in [3.63, 3.8) is 0 Å². The van der Waals surface area contributed by atoms with Crippen molar-refractivity contribution >= 4 is 5.69 Å². The Kier molecular flexibility index (Phi) is 3.52. The highest BCUT2D eigenvalue weighted by Crippen LogP contribution is 2.40. The van der Waals surface area contributed by atoms with Gasteiger partial charge in [-0.3, -0.25) is 0 Å². The maximum absolute atomic E-state index is 13.1. The third kappa shape index (κ3) is 2.77. The summed E-state index contributed by atoms with van der Waals surface area (Å²) in [6, 6.07) is 4.83. The van der Waals surface area contributed by atoms with E-state index in [-0.39, 0.29) is 11.7 Å². The van der Waals surface area contributed by atoms with Crippen LogP contribution in [0.3, 0.4) is 0 Å². The number of anilines is 1. The van der Waals surface area contributed by atoms with Crippen LogP contribution < -0.4 is 10.2 Å². The van der Waals surface area contributed by atoms with E-state index in [2.05, 4.69) is 5.32 Å². The Morgan fingerprint density at radius 2 is 2.00 bits per heavy atom. The molecule has 0 saturated heterocycles. The zero-order valence-corrected chi connectivity index (χ0v) is 10.5. The van der Waals surface area contributed by atoms with Crippen molar-refractivity contribution in [1.82, 2.24) is 5.32 Å². The first-order valence-corrected chi connectivity index (χ1v) is 6.01. The summed E-state index contributed by atoms with van der Waals surface area (Å²) in [6.45, 7) is 0.441. The smallest absolute Gasteiger partial charge is 0.371 e. The second kappa shape index (κ2) is 4.80. The molecule has 1 aliphatic carbocycles. The zero-order chi connectivity index (χ0) is 13.3. The minimum Gasteiger partial charge on any atom is -0.371 e. The molecule has 1 aromatic rings. The molecule has 1 fully saturated rings. The van der Waals surface area contributed by atoms with E-state index in [1.54, 1.807) is 31.1 Å². The quantitative estimate of drug-likeness (QED) is 0.893. The number of alkyl halides is 3. The summed E-state index contributed by atoms with van der Waals surface area (Å²) in [5.74, 6) is 0. The molecule has 100 valence electrons. The molecule has 0 spiro atoms. The van der Waals surface area contributed by atoms with Crippen LogP contribution in [0.25, 0.3) is 0 Å². The van der Waals surface area contributed by atoms with E-state index in [9.17, 15) is 13.2 Å². The van der Waals surface area contributed by atoms with E-state index in [1.165, 1.54) is 6.07 Å². The lowest BCUT2D eigenvalue weighted by molar-refractivity contribution is -0.137. The van der Waals surface area contributed by atoms with Crippen LogP contribution in [0.1, 0.15) is 24.0 Å². The topological polar surface area (TPSA) is 15.3 Å². The molecule has 1 saturated carbocycles. The molecule has 2 nitrogen and oxygen atoms in total. The lowest BCUT2D eigenvalue weighted by Gasteiger charge is -2.24. The number of hydrogen-bond acceptors (Lipinski definition) is 2. The minimum atomic E-state index is -4.30. The van der Waals surface area contributed by atoms with Gasteiger partial charge in [-0.25, -0.2) is 0 Å². The van der Waals surface area contributed by atoms with Crippen molar-refractivity contribution < 1.29 is 13.2 Å². The van der Waals surface area contributed by atoms with Gasteiger partial charge in [-0.05, 0) is 37.6 Å². The van der Waals surface area contributed by atoms with Crippen molar-refractivity contribution in [2.24, 2.45) is 0 Å². The highest BCUT2D eigenvalue weighted by atomic mass is 19.4. The molecule has 1 N–H and O–H groups in total. The van der Waals surface area contributed by atoms with Gasteiger partial charge in [0.05, 0.1) is 5.56 Å². The zero-order valence-electron chi connectivity index (χ0n) is 10.5. The second-order valence-electron chi connectivity index (χ2n) is 4.72. The normalized spacial score (nSPS) is 15.8. The molecule has 2 rings (SSSR count). The van der Waals surface area contributed by atoms with Crippen LogP contribution >= 0.6 is 0 Å². The number of halogens is 3. The second-order valence-corrected chi connectivity index (χ2v) is 4.72. The highest BCUT2D eigenvalue weighted by molar-refractivity contribution is 5.57. The standard InChI is InChI=1S/C13H17F3N2/c1-17-8-9-3-6-12(18(2)10-4-5-10)11(7-9)13(14,15)16/h3,6-7,10,17H,4-5,8H2,1-2H3. The summed E-state index contributed by atoms with van der Waals surface area (Å²) in [5, 5.41) is 2.87. The van der Waals surface area contributed by atoms with E-state index in [0.29, 0.717) is 12.1 Å². The molecular weight excluding hydrogens is 241 g/mol. The lowest BCUT2D eigenvalue weighted by Crippen LogP contribution is -2.23. The summed E-state index contributed by atoms with van der Waals surface area (Å²) >= 11 is 0. The van der Waals surface area contributed by atoms with Crippen LogP contribution in [-0.2, 0) is 12.7 Å². The largest absolute Gasteiger partial charge is 0.418 e. The summed E-state index contributed by atoms with van der Waals surface area (Å²) < 4.78 is 39.2. The predicted octanol–water partition coefficient (Wildman–Crippen LogP) is 3.02. The molecule has 5 heteroatoms. The summed E-state index contributed by atoms with van der Waals surface area (Å²) in [4.78, 5) is 1.74. The van der Waals surface area contributed by atoms with E-state index in [1.807, 2.05) is 0 Å². The molecule has 0 heterocycles. The van der Waals surface area contributed by atoms with Gasteiger partial charge < -0.3 is 10.2 Å². The number of nitrogens with zero attached hydrogens (tertiary/aromatic N) is 1. The summed E-state index contributed by atoms with van der Waals surface area (Å²) in [5.41, 5.74) is 0.396. The third-order valence-corrected chi connectivity index (χ3v) is 3.22. The van der Waals surface area contributed by atoms with E-state index in [0.717, 1.165) is 12.8 Å². The Bertz CT molecular complexity index is 425. The van der Waals surface area contributed by atoms with Crippen LogP contribution in [0.15, 0.2) is 18.2 Å². The molecule has 18 heavy (non-hydrogen) atoms. The summed E-state index contributed by atoms with van der Waals surface area (Å²) in [6.07, 6.45) is -2.35. The van der Waals surface area contributed by atoms with Crippen molar-refractivity contribution in [3.8, 4) is 0 Å². The molecule has 0 aliphatic heterocycles. The number of rotatable bonds is 4. The average Bonchev–Trinajstić information content (AvgIpc) is 3.11. The van der Waals surface area contributed by atoms with Crippen molar-refractivity contribution in [2.45, 2.75) is 31.6 Å². The van der Waals surface area contributed by atoms with Gasteiger partial charge in [0.25, 0.3) is 0 Å². The molecule has 0 bridgehead atoms. The van der Waals surface area contributed by atoms with Gasteiger partial charge in [0, 0.05) is 25.3 Å². The van der Waals surface area contributed by atoms with Gasteiger partial charge >= 0.3 is 6.18 Å². The van der Waals surface area contributed by atoms with Gasteiger partial charge in [0.2, 0.25) is 0 Å². The van der Waals surface area contributed by atoms with Gasteiger partial charge in [0.1, 0.15) is 0 Å². The third-order valence-electron chi connectivity index (χ3n) is 3.22. The first-order valence-electron chi connectivity index (χ1n) is 6.01. The summed E-state index contributed by atoms with van der Waals surface area (Å²) in [7, 11) is 3.46. The Labute approximate surface area is 105 Å². The van der Waals surface area contributed by atoms with Crippen molar-refractivity contribution in [1.29, 1.82) is 0 Å². The first kappa shape index (κ1) is 13.2. The molecule has 0 radical (unpaired) electrons. The van der Waals surface area contributed by atoms with Crippen LogP contribution in [-0.4, -0.2) is 20.1 Å². The molecular formula is C13H17F3N2. The van der Waals surface area contributed by atoms with Gasteiger partial charge in [-0.2, -0.15) is 13.2 Å². The number of benzene rings is 1.